The third-order valence-electron chi connectivity index (χ3n) is 10.2. The number of carbonyl (C=O) groups is 1. The summed E-state index contributed by atoms with van der Waals surface area (Å²) in [5.41, 5.74) is 8.58. The van der Waals surface area contributed by atoms with Crippen LogP contribution >= 0.6 is 0 Å². The molecular formula is C38H46BFN2O7S. The lowest BCUT2D eigenvalue weighted by molar-refractivity contribution is 0.00578. The number of sulfonamides is 1. The maximum absolute atomic E-state index is 13.7. The second-order valence-electron chi connectivity index (χ2n) is 14.7. The van der Waals surface area contributed by atoms with Crippen LogP contribution in [0.15, 0.2) is 71.1 Å². The molecule has 266 valence electrons. The van der Waals surface area contributed by atoms with Crippen LogP contribution in [-0.4, -0.2) is 52.1 Å². The number of rotatable bonds is 15. The predicted octanol–water partition coefficient (Wildman–Crippen LogP) is 7.22. The first-order valence-electron chi connectivity index (χ1n) is 17.2. The van der Waals surface area contributed by atoms with E-state index in [0.717, 1.165) is 29.5 Å². The highest BCUT2D eigenvalue weighted by Crippen LogP contribution is 2.48. The number of nitrogens with zero attached hydrogens (tertiary/aromatic N) is 1. The number of ether oxygens (including phenoxy) is 1. The van der Waals surface area contributed by atoms with Gasteiger partial charge in [0.2, 0.25) is 10.0 Å². The van der Waals surface area contributed by atoms with Crippen LogP contribution in [0, 0.1) is 11.7 Å². The van der Waals surface area contributed by atoms with Crippen molar-refractivity contribution >= 4 is 39.7 Å². The standard InChI is InChI=1S/C38H46BFN2O7S/c1-37(2)38(3,4)49-39(48-37)22-27(17-18-46-24-26-9-7-6-8-10-26)23-42(50(5,44)45)32-21-33-31(20-30(32)28-13-14-28)35(36(41)43)34(47-33)19-25-11-15-29(40)16-12-25/h6-12,15-16,20-21,27-28H,13-14,17-19,22-24H2,1-5H3,(H2,41,43). The molecule has 9 nitrogen and oxygen atoms in total. The fourth-order valence-corrected chi connectivity index (χ4v) is 7.59. The number of hydrogen-bond acceptors (Lipinski definition) is 7. The minimum absolute atomic E-state index is 0.130. The van der Waals surface area contributed by atoms with Gasteiger partial charge in [-0.25, -0.2) is 12.8 Å². The number of anilines is 1. The van der Waals surface area contributed by atoms with Gasteiger partial charge in [0.25, 0.3) is 5.91 Å². The number of hydrogen-bond donors (Lipinski definition) is 1. The maximum atomic E-state index is 13.7. The highest BCUT2D eigenvalue weighted by Gasteiger charge is 2.51. The topological polar surface area (TPSA) is 121 Å². The number of fused-ring (bicyclic) bond motifs is 1. The molecule has 2 fully saturated rings. The molecule has 0 spiro atoms. The smallest absolute Gasteiger partial charge is 0.458 e. The van der Waals surface area contributed by atoms with E-state index in [1.54, 1.807) is 18.2 Å². The van der Waals surface area contributed by atoms with E-state index in [2.05, 4.69) is 0 Å². The maximum Gasteiger partial charge on any atom is 0.458 e. The molecule has 2 heterocycles. The molecule has 50 heavy (non-hydrogen) atoms. The molecule has 1 atom stereocenters. The SMILES string of the molecule is CC1(C)OB(CC(CCOCc2ccccc2)CN(c2cc3oc(Cc4ccc(F)cc4)c(C(N)=O)c3cc2C2CC2)S(C)(=O)=O)OC1(C)C. The molecule has 0 radical (unpaired) electrons. The second-order valence-corrected chi connectivity index (χ2v) is 16.6. The zero-order valence-electron chi connectivity index (χ0n) is 29.4. The van der Waals surface area contributed by atoms with Gasteiger partial charge >= 0.3 is 7.12 Å². The number of nitrogens with two attached hydrogens (primary N) is 1. The first-order chi connectivity index (χ1) is 23.6. The first-order valence-corrected chi connectivity index (χ1v) is 19.0. The summed E-state index contributed by atoms with van der Waals surface area (Å²) in [6, 6.07) is 19.5. The normalized spacial score (nSPS) is 17.7. The Kier molecular flexibility index (Phi) is 10.2. The summed E-state index contributed by atoms with van der Waals surface area (Å²) in [6.07, 6.45) is 4.25. The Labute approximate surface area is 294 Å². The van der Waals surface area contributed by atoms with Crippen molar-refractivity contribution in [2.45, 2.75) is 83.4 Å². The number of benzene rings is 3. The summed E-state index contributed by atoms with van der Waals surface area (Å²) in [6.45, 7) is 9.02. The van der Waals surface area contributed by atoms with Crippen LogP contribution in [0.5, 0.6) is 0 Å². The lowest BCUT2D eigenvalue weighted by Gasteiger charge is -2.32. The van der Waals surface area contributed by atoms with Crippen molar-refractivity contribution in [3.63, 3.8) is 0 Å². The van der Waals surface area contributed by atoms with Crippen LogP contribution in [0.3, 0.4) is 0 Å². The van der Waals surface area contributed by atoms with Gasteiger partial charge in [-0.05, 0) is 100 Å². The van der Waals surface area contributed by atoms with Gasteiger partial charge in [-0.2, -0.15) is 0 Å². The number of amides is 1. The van der Waals surface area contributed by atoms with Gasteiger partial charge in [-0.1, -0.05) is 42.5 Å². The summed E-state index contributed by atoms with van der Waals surface area (Å²) < 4.78 is 67.5. The summed E-state index contributed by atoms with van der Waals surface area (Å²) in [7, 11) is -4.32. The molecule has 2 N–H and O–H groups in total. The van der Waals surface area contributed by atoms with Crippen LogP contribution in [-0.2, 0) is 37.1 Å². The molecule has 1 unspecified atom stereocenters. The largest absolute Gasteiger partial charge is 0.460 e. The molecule has 1 saturated carbocycles. The lowest BCUT2D eigenvalue weighted by Crippen LogP contribution is -2.41. The van der Waals surface area contributed by atoms with Crippen LogP contribution in [0.4, 0.5) is 10.1 Å². The Morgan fingerprint density at radius 1 is 1.02 bits per heavy atom. The Morgan fingerprint density at radius 2 is 1.68 bits per heavy atom. The van der Waals surface area contributed by atoms with E-state index in [1.165, 1.54) is 22.7 Å². The van der Waals surface area contributed by atoms with Gasteiger partial charge in [0.15, 0.2) is 0 Å². The van der Waals surface area contributed by atoms with Gasteiger partial charge in [0.05, 0.1) is 35.3 Å². The third-order valence-corrected chi connectivity index (χ3v) is 11.3. The molecule has 1 aliphatic carbocycles. The van der Waals surface area contributed by atoms with Gasteiger partial charge < -0.3 is 24.2 Å². The van der Waals surface area contributed by atoms with Crippen molar-refractivity contribution in [1.29, 1.82) is 0 Å². The molecule has 1 saturated heterocycles. The van der Waals surface area contributed by atoms with E-state index in [0.29, 0.717) is 48.4 Å². The van der Waals surface area contributed by atoms with Crippen molar-refractivity contribution in [3.8, 4) is 0 Å². The Hall–Kier alpha value is -3.71. The van der Waals surface area contributed by atoms with E-state index in [1.807, 2.05) is 64.1 Å². The lowest BCUT2D eigenvalue weighted by atomic mass is 9.76. The van der Waals surface area contributed by atoms with Crippen molar-refractivity contribution in [3.05, 3.63) is 101 Å². The summed E-state index contributed by atoms with van der Waals surface area (Å²) in [5, 5.41) is 0.539. The first kappa shape index (κ1) is 36.1. The molecular weight excluding hydrogens is 658 g/mol. The number of primary amides is 1. The van der Waals surface area contributed by atoms with E-state index < -0.39 is 34.3 Å². The molecule has 2 aliphatic rings. The summed E-state index contributed by atoms with van der Waals surface area (Å²) >= 11 is 0. The molecule has 4 aromatic rings. The average Bonchev–Trinajstić information content (AvgIpc) is 3.78. The van der Waals surface area contributed by atoms with E-state index in [-0.39, 0.29) is 36.2 Å². The monoisotopic (exact) mass is 704 g/mol. The van der Waals surface area contributed by atoms with Gasteiger partial charge in [0, 0.05) is 31.0 Å². The minimum atomic E-state index is -3.79. The predicted molar refractivity (Wildman–Crippen MR) is 193 cm³/mol. The van der Waals surface area contributed by atoms with Crippen molar-refractivity contribution < 1.29 is 36.1 Å². The molecule has 12 heteroatoms. The average molecular weight is 705 g/mol. The summed E-state index contributed by atoms with van der Waals surface area (Å²) in [5.74, 6) is -0.727. The second kappa shape index (κ2) is 14.1. The fraction of sp³-hybridized carbons (Fsp3) is 0.447. The van der Waals surface area contributed by atoms with E-state index >= 15 is 0 Å². The Morgan fingerprint density at radius 3 is 2.28 bits per heavy atom. The highest BCUT2D eigenvalue weighted by molar-refractivity contribution is 7.92. The quantitative estimate of drug-likeness (QED) is 0.102. The van der Waals surface area contributed by atoms with Crippen LogP contribution in [0.1, 0.15) is 85.7 Å². The Bertz CT molecular complexity index is 1930. The van der Waals surface area contributed by atoms with E-state index in [4.69, 9.17) is 24.2 Å². The summed E-state index contributed by atoms with van der Waals surface area (Å²) in [4.78, 5) is 12.8. The zero-order valence-corrected chi connectivity index (χ0v) is 30.2. The van der Waals surface area contributed by atoms with Crippen molar-refractivity contribution in [2.75, 3.05) is 23.7 Å². The highest BCUT2D eigenvalue weighted by atomic mass is 32.2. The van der Waals surface area contributed by atoms with Gasteiger partial charge in [-0.3, -0.25) is 9.10 Å². The molecule has 3 aromatic carbocycles. The van der Waals surface area contributed by atoms with E-state index in [9.17, 15) is 17.6 Å². The van der Waals surface area contributed by atoms with Gasteiger partial charge in [0.1, 0.15) is 17.2 Å². The van der Waals surface area contributed by atoms with Crippen LogP contribution in [0.2, 0.25) is 6.32 Å². The number of furan rings is 1. The molecule has 0 bridgehead atoms. The number of halogens is 1. The molecule has 6 rings (SSSR count). The molecule has 1 aliphatic heterocycles. The zero-order chi connectivity index (χ0) is 35.8. The van der Waals surface area contributed by atoms with Crippen LogP contribution in [0.25, 0.3) is 11.0 Å². The number of carbonyl (C=O) groups excluding carboxylic acids is 1. The minimum Gasteiger partial charge on any atom is -0.460 e. The third kappa shape index (κ3) is 8.09. The molecule has 1 amide bonds. The Balaban J connectivity index is 1.34. The van der Waals surface area contributed by atoms with Crippen molar-refractivity contribution in [2.24, 2.45) is 11.7 Å². The fourth-order valence-electron chi connectivity index (χ4n) is 6.60. The molecule has 1 aromatic heterocycles. The van der Waals surface area contributed by atoms with Gasteiger partial charge in [-0.15, -0.1) is 0 Å². The van der Waals surface area contributed by atoms with Crippen molar-refractivity contribution in [1.82, 2.24) is 0 Å². The van der Waals surface area contributed by atoms with Crippen LogP contribution < -0.4 is 10.0 Å².